The van der Waals surface area contributed by atoms with E-state index in [2.05, 4.69) is 0 Å². The molecule has 4 N–H and O–H groups in total. The highest BCUT2D eigenvalue weighted by atomic mass is 16.4. The van der Waals surface area contributed by atoms with Crippen LogP contribution in [0.15, 0.2) is 0 Å². The smallest absolute Gasteiger partial charge is 0.322 e. The van der Waals surface area contributed by atoms with Crippen LogP contribution in [-0.2, 0) is 9.59 Å². The van der Waals surface area contributed by atoms with Gasteiger partial charge in [-0.25, -0.2) is 0 Å². The Kier molecular flexibility index (Phi) is 1.14. The Labute approximate surface area is 59.0 Å². The van der Waals surface area contributed by atoms with E-state index in [1.165, 1.54) is 0 Å². The molecule has 0 saturated carbocycles. The summed E-state index contributed by atoms with van der Waals surface area (Å²) in [6, 6.07) is 0. The fraction of sp³-hybridized carbons (Fsp3) is 0.500. The maximum Gasteiger partial charge on any atom is 0.322 e. The number of carbonyl (C=O) groups is 2. The van der Waals surface area contributed by atoms with E-state index in [1.807, 2.05) is 0 Å². The fourth-order valence-electron chi connectivity index (χ4n) is 0.175. The van der Waals surface area contributed by atoms with Crippen molar-refractivity contribution in [3.63, 3.8) is 0 Å². The lowest BCUT2D eigenvalue weighted by atomic mass is 10.5. The summed E-state index contributed by atoms with van der Waals surface area (Å²) in [6.45, 7) is -4.04. The van der Waals surface area contributed by atoms with Gasteiger partial charge in [0.1, 0.15) is 9.37 Å². The Balaban J connectivity index is 4.53. The number of nitrogens with two attached hydrogens (primary N) is 1. The molecule has 0 spiro atoms. The van der Waals surface area contributed by atoms with Crippen molar-refractivity contribution < 1.29 is 21.7 Å². The van der Waals surface area contributed by atoms with E-state index < -0.39 is 30.6 Å². The van der Waals surface area contributed by atoms with Crippen molar-refractivity contribution in [2.75, 3.05) is 13.0 Å². The number of aliphatic carboxylic acids is 1. The molecule has 9 heavy (non-hydrogen) atoms. The number of carboxylic acids is 1. The molecule has 0 aromatic heterocycles. The molecule has 0 aliphatic carbocycles. The van der Waals surface area contributed by atoms with Gasteiger partial charge >= 0.3 is 5.97 Å². The van der Waals surface area contributed by atoms with Gasteiger partial charge in [-0.3, -0.25) is 9.59 Å². The van der Waals surface area contributed by atoms with Gasteiger partial charge in [-0.2, -0.15) is 0 Å². The van der Waals surface area contributed by atoms with Crippen LogP contribution in [-0.4, -0.2) is 30.0 Å². The van der Waals surface area contributed by atoms with Crippen molar-refractivity contribution in [1.29, 1.82) is 0 Å². The molecule has 5 nitrogen and oxygen atoms in total. The first-order valence-corrected chi connectivity index (χ1v) is 2.00. The third-order valence-electron chi connectivity index (χ3n) is 0.454. The normalized spacial score (nSPS) is 18.6. The fourth-order valence-corrected chi connectivity index (χ4v) is 0.175. The van der Waals surface area contributed by atoms with E-state index in [4.69, 9.17) is 12.1 Å². The third kappa shape index (κ3) is 4.76. The van der Waals surface area contributed by atoms with Gasteiger partial charge in [-0.1, -0.05) is 0 Å². The minimum atomic E-state index is -3.03. The van der Waals surface area contributed by atoms with E-state index in [-0.39, 0.29) is 5.31 Å². The monoisotopic (exact) mass is 137 g/mol. The Bertz CT molecular complexity index is 245. The van der Waals surface area contributed by atoms with Crippen LogP contribution in [0.25, 0.3) is 0 Å². The summed E-state index contributed by atoms with van der Waals surface area (Å²) < 4.78 is 33.6. The van der Waals surface area contributed by atoms with Crippen molar-refractivity contribution in [2.24, 2.45) is 5.72 Å². The molecule has 0 aliphatic rings. The molecule has 5 heteroatoms. The number of hydrogen-bond donors (Lipinski definition) is 3. The van der Waals surface area contributed by atoms with Crippen LogP contribution in [0.5, 0.6) is 0 Å². The van der Waals surface area contributed by atoms with Crippen molar-refractivity contribution in [2.45, 2.75) is 0 Å². The van der Waals surface area contributed by atoms with Crippen LogP contribution in [0.1, 0.15) is 2.74 Å². The van der Waals surface area contributed by atoms with E-state index in [1.54, 1.807) is 0 Å². The molecule has 1 amide bonds. The van der Waals surface area contributed by atoms with Crippen LogP contribution >= 0.6 is 0 Å². The predicted molar refractivity (Wildman–Crippen MR) is 29.7 cm³/mol. The highest BCUT2D eigenvalue weighted by Crippen LogP contribution is 1.60. The maximum absolute atomic E-state index is 11.0. The molecule has 0 aliphatic heterocycles. The minimum Gasteiger partial charge on any atom is -0.480 e. The molecule has 0 heterocycles. The van der Waals surface area contributed by atoms with Gasteiger partial charge in [0.25, 0.3) is 0 Å². The summed E-state index contributed by atoms with van der Waals surface area (Å²) in [5.74, 6) is -3.06. The minimum absolute atomic E-state index is 0.154. The molecule has 52 valence electrons. The van der Waals surface area contributed by atoms with Gasteiger partial charge in [0, 0.05) is 0 Å². The maximum atomic E-state index is 11.0. The Morgan fingerprint density at radius 3 is 3.11 bits per heavy atom. The number of nitrogens with one attached hydrogen (secondary N) is 1. The zero-order valence-electron chi connectivity index (χ0n) is 9.37. The third-order valence-corrected chi connectivity index (χ3v) is 0.454. The van der Waals surface area contributed by atoms with Gasteiger partial charge < -0.3 is 16.1 Å². The molecule has 0 bridgehead atoms. The second-order valence-corrected chi connectivity index (χ2v) is 1.13. The van der Waals surface area contributed by atoms with E-state index in [0.717, 1.165) is 0 Å². The highest BCUT2D eigenvalue weighted by molar-refractivity contribution is 5.82. The molecule has 0 atom stereocenters. The topological polar surface area (TPSA) is 92.4 Å². The summed E-state index contributed by atoms with van der Waals surface area (Å²) in [7, 11) is 0. The van der Waals surface area contributed by atoms with Crippen LogP contribution < -0.4 is 11.0 Å². The van der Waals surface area contributed by atoms with E-state index >= 15 is 0 Å². The Hall–Kier alpha value is -1.10. The summed E-state index contributed by atoms with van der Waals surface area (Å²) >= 11 is 0. The number of hydrogen-bond acceptors (Lipinski definition) is 3. The molecule has 0 fully saturated rings. The van der Waals surface area contributed by atoms with Gasteiger partial charge in [0.05, 0.1) is 9.24 Å². The van der Waals surface area contributed by atoms with Gasteiger partial charge in [-0.15, -0.1) is 0 Å². The van der Waals surface area contributed by atoms with E-state index in [9.17, 15) is 9.59 Å². The summed E-state index contributed by atoms with van der Waals surface area (Å²) in [5.41, 5.74) is -0.529. The van der Waals surface area contributed by atoms with Crippen LogP contribution in [0.4, 0.5) is 0 Å². The number of amides is 1. The number of carbonyl (C=O) groups excluding carboxylic acids is 1. The zero-order valence-corrected chi connectivity index (χ0v) is 4.37. The second kappa shape index (κ2) is 3.85. The average molecular weight is 137 g/mol. The van der Waals surface area contributed by atoms with Gasteiger partial charge in [-0.05, 0) is 0 Å². The number of rotatable bonds is 4. The number of carboxylic acid groups (broad SMARTS) is 1. The predicted octanol–water partition coefficient (Wildman–Crippen LogP) is -1.85. The van der Waals surface area contributed by atoms with E-state index in [0.29, 0.717) is 0 Å². The van der Waals surface area contributed by atoms with Crippen molar-refractivity contribution in [3.8, 4) is 0 Å². The van der Waals surface area contributed by atoms with Crippen molar-refractivity contribution in [3.05, 3.63) is 0 Å². The molecule has 0 rings (SSSR count). The first kappa shape index (κ1) is 2.66. The Morgan fingerprint density at radius 2 is 2.67 bits per heavy atom. The SMILES string of the molecule is [2H]N(CC(=O)O)C(=O)C([2H])([2H])N([2H])[2H]. The van der Waals surface area contributed by atoms with Crippen molar-refractivity contribution >= 4 is 11.9 Å². The molecule has 0 aromatic carbocycles. The summed E-state index contributed by atoms with van der Waals surface area (Å²) in [6.07, 6.45) is 0. The first-order valence-electron chi connectivity index (χ1n) is 4.34. The second-order valence-electron chi connectivity index (χ2n) is 1.13. The molecule has 0 saturated heterocycles. The van der Waals surface area contributed by atoms with Gasteiger partial charge in [0.15, 0.2) is 1.41 Å². The largest absolute Gasteiger partial charge is 0.480 e. The van der Waals surface area contributed by atoms with Crippen LogP contribution in [0.2, 0.25) is 4.24 Å². The highest BCUT2D eigenvalue weighted by Gasteiger charge is 1.98. The first-order chi connectivity index (χ1) is 6.19. The van der Waals surface area contributed by atoms with Crippen LogP contribution in [0, 0.1) is 0 Å². The van der Waals surface area contributed by atoms with Crippen molar-refractivity contribution in [1.82, 2.24) is 5.31 Å². The molecular formula is C4H8N2O3. The summed E-state index contributed by atoms with van der Waals surface area (Å²) in [4.78, 5) is 21.0. The molecule has 0 aromatic rings. The summed E-state index contributed by atoms with van der Waals surface area (Å²) in [5, 5.41) is 8.04. The van der Waals surface area contributed by atoms with Gasteiger partial charge in [0.2, 0.25) is 5.91 Å². The molecule has 0 unspecified atom stereocenters. The standard InChI is InChI=1S/C4H8N2O3/c5-1-3(7)6-2-4(8)9/h1-2,5H2,(H,6,7)(H,8,9)/i1D2/hD3. The lowest BCUT2D eigenvalue weighted by Crippen LogP contribution is -2.34. The molecule has 0 radical (unpaired) electrons. The zero-order chi connectivity index (χ0) is 11.5. The Morgan fingerprint density at radius 1 is 2.00 bits per heavy atom. The quantitative estimate of drug-likeness (QED) is 0.424. The lowest BCUT2D eigenvalue weighted by molar-refractivity contribution is -0.137. The lowest BCUT2D eigenvalue weighted by Gasteiger charge is -1.95. The average Bonchev–Trinajstić information content (AvgIpc) is 2.01. The van der Waals surface area contributed by atoms with Crippen LogP contribution in [0.3, 0.4) is 0 Å². The molecular weight excluding hydrogens is 124 g/mol.